The molecule has 2 heterocycles. The summed E-state index contributed by atoms with van der Waals surface area (Å²) in [6, 6.07) is 3.30. The van der Waals surface area contributed by atoms with Crippen molar-refractivity contribution in [1.29, 1.82) is 0 Å². The topological polar surface area (TPSA) is 61.0 Å². The van der Waals surface area contributed by atoms with Gasteiger partial charge in [0.05, 0.1) is 12.8 Å². The summed E-state index contributed by atoms with van der Waals surface area (Å²) in [5, 5.41) is 0.374. The number of nitrogens with zero attached hydrogens (tertiary/aromatic N) is 2. The Bertz CT molecular complexity index is 584. The van der Waals surface area contributed by atoms with Gasteiger partial charge in [0.25, 0.3) is 0 Å². The molecule has 0 bridgehead atoms. The summed E-state index contributed by atoms with van der Waals surface area (Å²) >= 11 is 0. The Morgan fingerprint density at radius 1 is 1.39 bits per heavy atom. The molecule has 1 fully saturated rings. The number of nitrogen functional groups attached to an aromatic ring is 1. The van der Waals surface area contributed by atoms with Crippen molar-refractivity contribution in [1.82, 2.24) is 9.97 Å². The van der Waals surface area contributed by atoms with E-state index in [-0.39, 0.29) is 5.82 Å². The molecule has 0 spiro atoms. The van der Waals surface area contributed by atoms with Gasteiger partial charge in [0, 0.05) is 11.5 Å². The molecule has 0 amide bonds. The van der Waals surface area contributed by atoms with E-state index in [4.69, 9.17) is 10.5 Å². The quantitative estimate of drug-likeness (QED) is 0.905. The maximum atomic E-state index is 13.5. The molecular weight excluding hydrogens is 233 g/mol. The first-order valence-electron chi connectivity index (χ1n) is 6.07. The minimum atomic E-state index is -0.419. The average Bonchev–Trinajstić information content (AvgIpc) is 2.32. The van der Waals surface area contributed by atoms with E-state index >= 15 is 0 Å². The normalized spacial score (nSPS) is 15.6. The lowest BCUT2D eigenvalue weighted by molar-refractivity contribution is 0.176. The lowest BCUT2D eigenvalue weighted by atomic mass is 9.86. The Morgan fingerprint density at radius 2 is 2.22 bits per heavy atom. The van der Waals surface area contributed by atoms with Gasteiger partial charge in [0.15, 0.2) is 5.82 Å². The van der Waals surface area contributed by atoms with Crippen molar-refractivity contribution in [3.05, 3.63) is 24.1 Å². The number of halogens is 1. The first-order chi connectivity index (χ1) is 8.74. The highest BCUT2D eigenvalue weighted by molar-refractivity contribution is 5.87. The van der Waals surface area contributed by atoms with Crippen LogP contribution in [0, 0.1) is 11.7 Å². The third kappa shape index (κ3) is 1.96. The third-order valence-electron chi connectivity index (χ3n) is 3.38. The van der Waals surface area contributed by atoms with Crippen molar-refractivity contribution in [2.45, 2.75) is 19.3 Å². The summed E-state index contributed by atoms with van der Waals surface area (Å²) in [5.74, 6) is 0.914. The molecule has 4 nitrogen and oxygen atoms in total. The zero-order chi connectivity index (χ0) is 12.5. The van der Waals surface area contributed by atoms with Crippen molar-refractivity contribution in [3.8, 4) is 5.88 Å². The second-order valence-corrected chi connectivity index (χ2v) is 4.64. The summed E-state index contributed by atoms with van der Waals surface area (Å²) in [6.45, 7) is 0.668. The van der Waals surface area contributed by atoms with Gasteiger partial charge in [-0.15, -0.1) is 0 Å². The van der Waals surface area contributed by atoms with Crippen molar-refractivity contribution in [2.75, 3.05) is 12.3 Å². The molecule has 0 saturated heterocycles. The van der Waals surface area contributed by atoms with Crippen LogP contribution in [-0.2, 0) is 0 Å². The highest BCUT2D eigenvalue weighted by Gasteiger charge is 2.18. The Balaban J connectivity index is 1.87. The first kappa shape index (κ1) is 11.2. The largest absolute Gasteiger partial charge is 0.477 e. The maximum Gasteiger partial charge on any atom is 0.213 e. The molecule has 1 aliphatic carbocycles. The predicted octanol–water partition coefficient (Wildman–Crippen LogP) is 2.53. The van der Waals surface area contributed by atoms with E-state index in [9.17, 15) is 4.39 Å². The third-order valence-corrected chi connectivity index (χ3v) is 3.38. The van der Waals surface area contributed by atoms with Crippen LogP contribution in [0.25, 0.3) is 10.9 Å². The van der Waals surface area contributed by atoms with Gasteiger partial charge < -0.3 is 10.5 Å². The number of pyridine rings is 2. The van der Waals surface area contributed by atoms with E-state index in [1.165, 1.54) is 19.3 Å². The molecule has 18 heavy (non-hydrogen) atoms. The van der Waals surface area contributed by atoms with Crippen LogP contribution in [0.4, 0.5) is 10.2 Å². The monoisotopic (exact) mass is 247 g/mol. The zero-order valence-corrected chi connectivity index (χ0v) is 9.90. The van der Waals surface area contributed by atoms with Gasteiger partial charge in [-0.05, 0) is 24.8 Å². The van der Waals surface area contributed by atoms with Gasteiger partial charge in [-0.2, -0.15) is 0 Å². The fraction of sp³-hybridized carbons (Fsp3) is 0.385. The molecule has 2 aromatic rings. The average molecular weight is 247 g/mol. The van der Waals surface area contributed by atoms with E-state index in [0.29, 0.717) is 29.3 Å². The molecule has 0 unspecified atom stereocenters. The smallest absolute Gasteiger partial charge is 0.213 e. The van der Waals surface area contributed by atoms with Crippen molar-refractivity contribution >= 4 is 16.7 Å². The summed E-state index contributed by atoms with van der Waals surface area (Å²) in [4.78, 5) is 7.97. The molecule has 1 aliphatic rings. The number of hydrogen-bond donors (Lipinski definition) is 1. The maximum absolute atomic E-state index is 13.5. The molecule has 1 saturated carbocycles. The SMILES string of the molecule is Nc1ncc(F)c2ccc(OCC3CCC3)nc12. The Kier molecular flexibility index (Phi) is 2.74. The molecular formula is C13H14FN3O. The molecule has 5 heteroatoms. The highest BCUT2D eigenvalue weighted by Crippen LogP contribution is 2.28. The number of hydrogen-bond acceptors (Lipinski definition) is 4. The van der Waals surface area contributed by atoms with E-state index in [1.54, 1.807) is 12.1 Å². The number of rotatable bonds is 3. The predicted molar refractivity (Wildman–Crippen MR) is 66.7 cm³/mol. The minimum absolute atomic E-state index is 0.223. The summed E-state index contributed by atoms with van der Waals surface area (Å²) < 4.78 is 19.1. The second kappa shape index (κ2) is 4.40. The molecule has 2 N–H and O–H groups in total. The van der Waals surface area contributed by atoms with Crippen molar-refractivity contribution in [2.24, 2.45) is 5.92 Å². The minimum Gasteiger partial charge on any atom is -0.477 e. The fourth-order valence-corrected chi connectivity index (χ4v) is 2.03. The number of anilines is 1. The molecule has 94 valence electrons. The van der Waals surface area contributed by atoms with Crippen molar-refractivity contribution < 1.29 is 9.13 Å². The van der Waals surface area contributed by atoms with Crippen LogP contribution in [0.5, 0.6) is 5.88 Å². The van der Waals surface area contributed by atoms with Crippen LogP contribution in [0.2, 0.25) is 0 Å². The number of nitrogens with two attached hydrogens (primary N) is 1. The van der Waals surface area contributed by atoms with Crippen LogP contribution < -0.4 is 10.5 Å². The Hall–Kier alpha value is -1.91. The Labute approximate surface area is 104 Å². The lowest BCUT2D eigenvalue weighted by Crippen LogP contribution is -2.19. The van der Waals surface area contributed by atoms with E-state index in [2.05, 4.69) is 9.97 Å². The Morgan fingerprint density at radius 3 is 2.94 bits per heavy atom. The van der Waals surface area contributed by atoms with Crippen LogP contribution in [0.1, 0.15) is 19.3 Å². The van der Waals surface area contributed by atoms with Gasteiger partial charge in [-0.25, -0.2) is 14.4 Å². The lowest BCUT2D eigenvalue weighted by Gasteiger charge is -2.24. The summed E-state index contributed by atoms with van der Waals surface area (Å²) in [7, 11) is 0. The fourth-order valence-electron chi connectivity index (χ4n) is 2.03. The first-order valence-corrected chi connectivity index (χ1v) is 6.07. The molecule has 0 aromatic carbocycles. The van der Waals surface area contributed by atoms with Crippen LogP contribution >= 0.6 is 0 Å². The number of fused-ring (bicyclic) bond motifs is 1. The van der Waals surface area contributed by atoms with Crippen LogP contribution in [0.15, 0.2) is 18.3 Å². The molecule has 0 atom stereocenters. The van der Waals surface area contributed by atoms with Crippen LogP contribution in [0.3, 0.4) is 0 Å². The molecule has 0 aliphatic heterocycles. The van der Waals surface area contributed by atoms with Gasteiger partial charge >= 0.3 is 0 Å². The number of aromatic nitrogens is 2. The molecule has 0 radical (unpaired) electrons. The summed E-state index contributed by atoms with van der Waals surface area (Å²) in [6.07, 6.45) is 4.81. The van der Waals surface area contributed by atoms with Gasteiger partial charge in [0.1, 0.15) is 11.3 Å². The second-order valence-electron chi connectivity index (χ2n) is 4.64. The number of ether oxygens (including phenoxy) is 1. The summed E-state index contributed by atoms with van der Waals surface area (Å²) in [5.41, 5.74) is 6.05. The highest BCUT2D eigenvalue weighted by atomic mass is 19.1. The molecule has 2 aromatic heterocycles. The van der Waals surface area contributed by atoms with E-state index in [0.717, 1.165) is 6.20 Å². The van der Waals surface area contributed by atoms with Gasteiger partial charge in [0.2, 0.25) is 5.88 Å². The van der Waals surface area contributed by atoms with Crippen molar-refractivity contribution in [3.63, 3.8) is 0 Å². The van der Waals surface area contributed by atoms with E-state index in [1.807, 2.05) is 0 Å². The zero-order valence-electron chi connectivity index (χ0n) is 9.90. The van der Waals surface area contributed by atoms with Crippen LogP contribution in [-0.4, -0.2) is 16.6 Å². The van der Waals surface area contributed by atoms with Gasteiger partial charge in [-0.3, -0.25) is 0 Å². The van der Waals surface area contributed by atoms with Gasteiger partial charge in [-0.1, -0.05) is 6.42 Å². The molecule has 3 rings (SSSR count). The van der Waals surface area contributed by atoms with E-state index < -0.39 is 5.82 Å². The standard InChI is InChI=1S/C13H14FN3O/c14-10-6-16-13(15)12-9(10)4-5-11(17-12)18-7-8-2-1-3-8/h4-6,8H,1-3,7H2,(H2,15,16).